The molecule has 0 aromatic heterocycles. The molecule has 0 heterocycles. The lowest BCUT2D eigenvalue weighted by atomic mass is 10.0. The summed E-state index contributed by atoms with van der Waals surface area (Å²) in [6.45, 7) is 4.51. The number of rotatable bonds is 19. The number of unbranched alkanes of at least 4 members (excludes halogenated alkanes) is 13. The van der Waals surface area contributed by atoms with Crippen LogP contribution >= 0.6 is 17.9 Å². The second kappa shape index (κ2) is 18.3. The van der Waals surface area contributed by atoms with Gasteiger partial charge in [0.15, 0.2) is 0 Å². The summed E-state index contributed by atoms with van der Waals surface area (Å²) in [5, 5.41) is 0. The Morgan fingerprint density at radius 1 is 0.720 bits per heavy atom. The van der Waals surface area contributed by atoms with Crippen molar-refractivity contribution >= 4 is 29.7 Å². The molecular weight excluding hydrogens is 367 g/mol. The highest BCUT2D eigenvalue weighted by Crippen LogP contribution is 2.49. The van der Waals surface area contributed by atoms with Gasteiger partial charge >= 0.3 is 0 Å². The molecule has 152 valence electrons. The largest absolute Gasteiger partial charge is 0.338 e. The summed E-state index contributed by atoms with van der Waals surface area (Å²) in [6.07, 6.45) is 21.9. The van der Waals surface area contributed by atoms with Crippen molar-refractivity contribution in [3.63, 3.8) is 0 Å². The van der Waals surface area contributed by atoms with E-state index in [1.807, 2.05) is 0 Å². The monoisotopic (exact) mass is 410 g/mol. The van der Waals surface area contributed by atoms with Crippen molar-refractivity contribution in [3.05, 3.63) is 0 Å². The van der Waals surface area contributed by atoms with Crippen LogP contribution in [0.2, 0.25) is 0 Å². The number of thiol groups is 1. The Morgan fingerprint density at radius 3 is 1.36 bits per heavy atom. The summed E-state index contributed by atoms with van der Waals surface area (Å²) in [5.74, 6) is 0. The quantitative estimate of drug-likeness (QED) is 0.128. The molecule has 0 amide bonds. The van der Waals surface area contributed by atoms with Gasteiger partial charge < -0.3 is 9.42 Å². The van der Waals surface area contributed by atoms with Crippen molar-refractivity contribution in [1.29, 1.82) is 0 Å². The Hall–Kier alpha value is 0.920. The molecule has 0 spiro atoms. The minimum atomic E-state index is -2.84. The molecule has 5 heteroatoms. The molecule has 2 nitrogen and oxygen atoms in total. The molecule has 0 fully saturated rings. The van der Waals surface area contributed by atoms with E-state index in [1.54, 1.807) is 0 Å². The summed E-state index contributed by atoms with van der Waals surface area (Å²) in [7, 11) is 0. The topological polar surface area (TPSA) is 29.5 Å². The third kappa shape index (κ3) is 21.1. The second-order valence-corrected chi connectivity index (χ2v) is 12.5. The van der Waals surface area contributed by atoms with Crippen LogP contribution in [0.25, 0.3) is 0 Å². The molecule has 1 N–H and O–H groups in total. The molecule has 0 aliphatic carbocycles. The van der Waals surface area contributed by atoms with Gasteiger partial charge in [0.2, 0.25) is 5.69 Å². The molecule has 0 aromatic carbocycles. The SMILES string of the molecule is CCCCCCCCCCCC(CCCCCCCC)OP(O)(=S)S. The van der Waals surface area contributed by atoms with Gasteiger partial charge in [-0.15, -0.1) is 0 Å². The molecule has 0 saturated heterocycles. The molecule has 0 bridgehead atoms. The zero-order valence-electron chi connectivity index (χ0n) is 16.8. The van der Waals surface area contributed by atoms with Gasteiger partial charge in [-0.2, -0.15) is 0 Å². The molecule has 0 radical (unpaired) electrons. The summed E-state index contributed by atoms with van der Waals surface area (Å²) >= 11 is 9.04. The van der Waals surface area contributed by atoms with Crippen LogP contribution in [0.15, 0.2) is 0 Å². The van der Waals surface area contributed by atoms with Crippen LogP contribution in [-0.4, -0.2) is 11.0 Å². The van der Waals surface area contributed by atoms with Gasteiger partial charge in [0.1, 0.15) is 0 Å². The zero-order chi connectivity index (χ0) is 18.8. The maximum Gasteiger partial charge on any atom is 0.241 e. The van der Waals surface area contributed by atoms with Crippen LogP contribution in [0.3, 0.4) is 0 Å². The zero-order valence-corrected chi connectivity index (χ0v) is 19.4. The summed E-state index contributed by atoms with van der Waals surface area (Å²) in [4.78, 5) is 9.77. The third-order valence-corrected chi connectivity index (χ3v) is 5.91. The molecule has 2 unspecified atom stereocenters. The molecule has 0 aliphatic rings. The fourth-order valence-corrected chi connectivity index (χ4v) is 4.64. The summed E-state index contributed by atoms with van der Waals surface area (Å²) in [5.41, 5.74) is -2.84. The van der Waals surface area contributed by atoms with E-state index in [2.05, 4.69) is 26.1 Å². The Bertz CT molecular complexity index is 321. The van der Waals surface area contributed by atoms with E-state index in [4.69, 9.17) is 16.3 Å². The number of hydrogen-bond donors (Lipinski definition) is 2. The van der Waals surface area contributed by atoms with Gasteiger partial charge in [0.05, 0.1) is 6.10 Å². The van der Waals surface area contributed by atoms with Crippen LogP contribution in [-0.2, 0) is 16.3 Å². The van der Waals surface area contributed by atoms with E-state index in [0.29, 0.717) is 0 Å². The average Bonchev–Trinajstić information content (AvgIpc) is 2.55. The highest BCUT2D eigenvalue weighted by Gasteiger charge is 2.16. The molecule has 0 aliphatic heterocycles. The van der Waals surface area contributed by atoms with Crippen molar-refractivity contribution in [3.8, 4) is 0 Å². The van der Waals surface area contributed by atoms with Gasteiger partial charge in [-0.1, -0.05) is 122 Å². The molecule has 25 heavy (non-hydrogen) atoms. The maximum absolute atomic E-state index is 9.77. The molecular formula is C20H43O2PS2. The van der Waals surface area contributed by atoms with Crippen LogP contribution < -0.4 is 0 Å². The molecule has 0 rings (SSSR count). The highest BCUT2D eigenvalue weighted by atomic mass is 32.9. The van der Waals surface area contributed by atoms with Crippen molar-refractivity contribution in [2.75, 3.05) is 0 Å². The Balaban J connectivity index is 3.75. The first-order chi connectivity index (χ1) is 12.0. The summed E-state index contributed by atoms with van der Waals surface area (Å²) < 4.78 is 5.68. The van der Waals surface area contributed by atoms with Crippen LogP contribution in [0.5, 0.6) is 0 Å². The number of hydrogen-bond acceptors (Lipinski definition) is 2. The van der Waals surface area contributed by atoms with Crippen molar-refractivity contribution in [2.24, 2.45) is 0 Å². The minimum Gasteiger partial charge on any atom is -0.338 e. The van der Waals surface area contributed by atoms with E-state index in [0.717, 1.165) is 12.8 Å². The predicted molar refractivity (Wildman–Crippen MR) is 120 cm³/mol. The van der Waals surface area contributed by atoms with Gasteiger partial charge in [0, 0.05) is 0 Å². The van der Waals surface area contributed by atoms with E-state index >= 15 is 0 Å². The standard InChI is InChI=1S/C20H43O2PS2/c1-3-5-7-9-11-12-13-15-17-19-20(22-23(21,24)25)18-16-14-10-8-6-4-2/h20H,3-19H2,1-2H3,(H2,21,24,25). The first kappa shape index (κ1) is 25.9. The smallest absolute Gasteiger partial charge is 0.241 e. The normalized spacial score (nSPS) is 15.2. The Kier molecular flexibility index (Phi) is 19.0. The third-order valence-electron chi connectivity index (χ3n) is 4.80. The van der Waals surface area contributed by atoms with Crippen molar-refractivity contribution in [1.82, 2.24) is 0 Å². The average molecular weight is 411 g/mol. The maximum atomic E-state index is 9.77. The Labute approximate surface area is 168 Å². The first-order valence-corrected chi connectivity index (χ1v) is 14.6. The van der Waals surface area contributed by atoms with Crippen molar-refractivity contribution in [2.45, 2.75) is 129 Å². The van der Waals surface area contributed by atoms with Gasteiger partial charge in [-0.05, 0) is 24.6 Å². The van der Waals surface area contributed by atoms with E-state index in [1.165, 1.54) is 96.3 Å². The van der Waals surface area contributed by atoms with Gasteiger partial charge in [-0.25, -0.2) is 0 Å². The van der Waals surface area contributed by atoms with Crippen LogP contribution in [0.1, 0.15) is 123 Å². The van der Waals surface area contributed by atoms with Gasteiger partial charge in [-0.3, -0.25) is 0 Å². The molecule has 0 aromatic rings. The summed E-state index contributed by atoms with van der Waals surface area (Å²) in [6, 6.07) is 0. The lowest BCUT2D eigenvalue weighted by molar-refractivity contribution is 0.179. The minimum absolute atomic E-state index is 0.101. The molecule has 2 atom stereocenters. The predicted octanol–water partition coefficient (Wildman–Crippen LogP) is 8.19. The fourth-order valence-electron chi connectivity index (χ4n) is 3.28. The fraction of sp³-hybridized carbons (Fsp3) is 1.00. The molecule has 0 saturated carbocycles. The van der Waals surface area contributed by atoms with E-state index < -0.39 is 5.69 Å². The van der Waals surface area contributed by atoms with Crippen molar-refractivity contribution < 1.29 is 9.42 Å². The highest BCUT2D eigenvalue weighted by molar-refractivity contribution is 8.59. The van der Waals surface area contributed by atoms with Gasteiger partial charge in [0.25, 0.3) is 0 Å². The van der Waals surface area contributed by atoms with Crippen LogP contribution in [0, 0.1) is 0 Å². The Morgan fingerprint density at radius 2 is 1.04 bits per heavy atom. The first-order valence-electron chi connectivity index (χ1n) is 10.7. The van der Waals surface area contributed by atoms with Crippen LogP contribution in [0.4, 0.5) is 0 Å². The lowest BCUT2D eigenvalue weighted by Crippen LogP contribution is -2.10. The lowest BCUT2D eigenvalue weighted by Gasteiger charge is -2.20. The second-order valence-electron chi connectivity index (χ2n) is 7.39. The van der Waals surface area contributed by atoms with E-state index in [-0.39, 0.29) is 6.10 Å². The van der Waals surface area contributed by atoms with E-state index in [9.17, 15) is 4.89 Å².